The quantitative estimate of drug-likeness (QED) is 0.755. The zero-order valence-corrected chi connectivity index (χ0v) is 13.8. The van der Waals surface area contributed by atoms with Gasteiger partial charge in [-0.2, -0.15) is 0 Å². The first-order valence-corrected chi connectivity index (χ1v) is 8.44. The first-order valence-electron chi connectivity index (χ1n) is 8.44. The summed E-state index contributed by atoms with van der Waals surface area (Å²) in [7, 11) is 0. The predicted octanol–water partition coefficient (Wildman–Crippen LogP) is 3.66. The van der Waals surface area contributed by atoms with Crippen molar-refractivity contribution in [3.05, 3.63) is 0 Å². The minimum absolute atomic E-state index is 0.000234. The van der Waals surface area contributed by atoms with Gasteiger partial charge in [0.2, 0.25) is 0 Å². The third-order valence-corrected chi connectivity index (χ3v) is 4.69. The van der Waals surface area contributed by atoms with Crippen LogP contribution in [0.5, 0.6) is 0 Å². The van der Waals surface area contributed by atoms with E-state index in [2.05, 4.69) is 33.0 Å². The van der Waals surface area contributed by atoms with Gasteiger partial charge in [0, 0.05) is 12.6 Å². The van der Waals surface area contributed by atoms with Gasteiger partial charge in [-0.3, -0.25) is 0 Å². The molecule has 0 aromatic carbocycles. The molecule has 0 radical (unpaired) electrons. The minimum atomic E-state index is -0.0618. The van der Waals surface area contributed by atoms with Crippen molar-refractivity contribution in [3.63, 3.8) is 0 Å². The van der Waals surface area contributed by atoms with E-state index in [1.165, 1.54) is 32.1 Å². The van der Waals surface area contributed by atoms with Gasteiger partial charge in [0.25, 0.3) is 0 Å². The van der Waals surface area contributed by atoms with Crippen molar-refractivity contribution in [1.82, 2.24) is 5.32 Å². The molecule has 1 aliphatic heterocycles. The molecule has 2 fully saturated rings. The summed E-state index contributed by atoms with van der Waals surface area (Å²) in [5, 5.41) is 3.66. The lowest BCUT2D eigenvalue weighted by Gasteiger charge is -2.28. The van der Waals surface area contributed by atoms with Crippen molar-refractivity contribution in [2.75, 3.05) is 13.2 Å². The summed E-state index contributed by atoms with van der Waals surface area (Å²) in [6, 6.07) is 0.451. The van der Waals surface area contributed by atoms with Crippen LogP contribution in [0.15, 0.2) is 0 Å². The largest absolute Gasteiger partial charge is 0.378 e. The summed E-state index contributed by atoms with van der Waals surface area (Å²) in [5.74, 6) is 0. The molecule has 3 nitrogen and oxygen atoms in total. The number of rotatable bonds is 6. The predicted molar refractivity (Wildman–Crippen MR) is 83.1 cm³/mol. The highest BCUT2D eigenvalue weighted by molar-refractivity contribution is 4.98. The fourth-order valence-corrected chi connectivity index (χ4v) is 3.71. The number of hydrogen-bond acceptors (Lipinski definition) is 3. The first-order chi connectivity index (χ1) is 9.39. The van der Waals surface area contributed by atoms with Crippen LogP contribution < -0.4 is 5.32 Å². The zero-order chi connectivity index (χ0) is 14.6. The second-order valence-electron chi connectivity index (χ2n) is 7.66. The van der Waals surface area contributed by atoms with E-state index < -0.39 is 0 Å². The molecule has 3 heteroatoms. The second-order valence-corrected chi connectivity index (χ2v) is 7.66. The fourth-order valence-electron chi connectivity index (χ4n) is 3.71. The van der Waals surface area contributed by atoms with Crippen LogP contribution in [0, 0.1) is 0 Å². The summed E-state index contributed by atoms with van der Waals surface area (Å²) in [6.45, 7) is 10.7. The van der Waals surface area contributed by atoms with E-state index in [-0.39, 0.29) is 11.2 Å². The van der Waals surface area contributed by atoms with Crippen LogP contribution in [0.25, 0.3) is 0 Å². The van der Waals surface area contributed by atoms with Crippen molar-refractivity contribution in [2.24, 2.45) is 0 Å². The lowest BCUT2D eigenvalue weighted by molar-refractivity contribution is -0.0699. The van der Waals surface area contributed by atoms with E-state index in [4.69, 9.17) is 9.47 Å². The standard InChI is InChI=1S/C17H33NO2/c1-16(2)13-15(17(3,4)20-16)18-11-8-12-19-14-9-6-5-7-10-14/h14-15,18H,5-13H2,1-4H3. The normalized spacial score (nSPS) is 29.7. The van der Waals surface area contributed by atoms with Crippen LogP contribution in [-0.2, 0) is 9.47 Å². The lowest BCUT2D eigenvalue weighted by atomic mass is 9.94. The molecule has 1 saturated heterocycles. The van der Waals surface area contributed by atoms with Crippen molar-refractivity contribution >= 4 is 0 Å². The first kappa shape index (κ1) is 16.3. The van der Waals surface area contributed by atoms with Crippen LogP contribution >= 0.6 is 0 Å². The molecule has 2 rings (SSSR count). The van der Waals surface area contributed by atoms with E-state index in [0.29, 0.717) is 12.1 Å². The fraction of sp³-hybridized carbons (Fsp3) is 1.00. The Morgan fingerprint density at radius 3 is 2.40 bits per heavy atom. The van der Waals surface area contributed by atoms with E-state index in [0.717, 1.165) is 26.0 Å². The van der Waals surface area contributed by atoms with Gasteiger partial charge in [-0.1, -0.05) is 19.3 Å². The van der Waals surface area contributed by atoms with Crippen molar-refractivity contribution in [2.45, 2.75) is 96.0 Å². The van der Waals surface area contributed by atoms with Gasteiger partial charge in [0.1, 0.15) is 0 Å². The molecule has 1 atom stereocenters. The van der Waals surface area contributed by atoms with Gasteiger partial charge < -0.3 is 14.8 Å². The Morgan fingerprint density at radius 1 is 1.10 bits per heavy atom. The van der Waals surface area contributed by atoms with E-state index in [9.17, 15) is 0 Å². The topological polar surface area (TPSA) is 30.5 Å². The molecule has 1 heterocycles. The Bertz CT molecular complexity index is 295. The molecule has 2 aliphatic rings. The Kier molecular flexibility index (Phi) is 5.49. The van der Waals surface area contributed by atoms with Crippen molar-refractivity contribution in [3.8, 4) is 0 Å². The molecular formula is C17H33NO2. The SMILES string of the molecule is CC1(C)CC(NCCCOC2CCCCC2)C(C)(C)O1. The highest BCUT2D eigenvalue weighted by Gasteiger charge is 2.45. The number of ether oxygens (including phenoxy) is 2. The molecule has 0 bridgehead atoms. The molecule has 0 aromatic heterocycles. The van der Waals surface area contributed by atoms with Crippen LogP contribution in [0.3, 0.4) is 0 Å². The van der Waals surface area contributed by atoms with Crippen LogP contribution in [0.2, 0.25) is 0 Å². The highest BCUT2D eigenvalue weighted by atomic mass is 16.5. The molecule has 1 N–H and O–H groups in total. The third kappa shape index (κ3) is 4.71. The lowest BCUT2D eigenvalue weighted by Crippen LogP contribution is -2.43. The maximum atomic E-state index is 6.11. The summed E-state index contributed by atoms with van der Waals surface area (Å²) >= 11 is 0. The highest BCUT2D eigenvalue weighted by Crippen LogP contribution is 2.37. The average molecular weight is 283 g/mol. The molecule has 118 valence electrons. The zero-order valence-electron chi connectivity index (χ0n) is 13.8. The van der Waals surface area contributed by atoms with E-state index in [1.54, 1.807) is 0 Å². The maximum Gasteiger partial charge on any atom is 0.0787 e. The molecule has 0 spiro atoms. The minimum Gasteiger partial charge on any atom is -0.378 e. The summed E-state index contributed by atoms with van der Waals surface area (Å²) in [4.78, 5) is 0. The average Bonchev–Trinajstić information content (AvgIpc) is 2.58. The van der Waals surface area contributed by atoms with Crippen molar-refractivity contribution < 1.29 is 9.47 Å². The molecule has 1 saturated carbocycles. The van der Waals surface area contributed by atoms with Gasteiger partial charge in [0.05, 0.1) is 17.3 Å². The molecular weight excluding hydrogens is 250 g/mol. The summed E-state index contributed by atoms with van der Waals surface area (Å²) in [5.41, 5.74) is -0.0620. The number of nitrogens with one attached hydrogen (secondary N) is 1. The van der Waals surface area contributed by atoms with Gasteiger partial charge >= 0.3 is 0 Å². The third-order valence-electron chi connectivity index (χ3n) is 4.69. The Hall–Kier alpha value is -0.120. The second kappa shape index (κ2) is 6.76. The van der Waals surface area contributed by atoms with E-state index in [1.807, 2.05) is 0 Å². The molecule has 1 aliphatic carbocycles. The Balaban J connectivity index is 1.59. The van der Waals surface area contributed by atoms with Gasteiger partial charge in [-0.25, -0.2) is 0 Å². The summed E-state index contributed by atoms with van der Waals surface area (Å²) < 4.78 is 12.1. The van der Waals surface area contributed by atoms with Crippen LogP contribution in [0.4, 0.5) is 0 Å². The Morgan fingerprint density at radius 2 is 1.80 bits per heavy atom. The Labute approximate surface area is 124 Å². The van der Waals surface area contributed by atoms with E-state index >= 15 is 0 Å². The smallest absolute Gasteiger partial charge is 0.0787 e. The summed E-state index contributed by atoms with van der Waals surface area (Å²) in [6.07, 6.45) is 9.36. The maximum absolute atomic E-state index is 6.11. The monoisotopic (exact) mass is 283 g/mol. The molecule has 20 heavy (non-hydrogen) atoms. The van der Waals surface area contributed by atoms with Crippen molar-refractivity contribution in [1.29, 1.82) is 0 Å². The van der Waals surface area contributed by atoms with Crippen LogP contribution in [0.1, 0.15) is 72.6 Å². The number of hydrogen-bond donors (Lipinski definition) is 1. The molecule has 0 aromatic rings. The molecule has 1 unspecified atom stereocenters. The van der Waals surface area contributed by atoms with Gasteiger partial charge in [-0.15, -0.1) is 0 Å². The molecule has 0 amide bonds. The van der Waals surface area contributed by atoms with Gasteiger partial charge in [0.15, 0.2) is 0 Å². The van der Waals surface area contributed by atoms with Crippen LogP contribution in [-0.4, -0.2) is 36.5 Å². The van der Waals surface area contributed by atoms with Gasteiger partial charge in [-0.05, 0) is 59.9 Å².